The molecule has 0 bridgehead atoms. The minimum Gasteiger partial charge on any atom is -2.00 e. The van der Waals surface area contributed by atoms with Gasteiger partial charge < -0.3 is 15.4 Å². The molecule has 0 amide bonds. The van der Waals surface area contributed by atoms with Crippen LogP contribution in [0.2, 0.25) is 0 Å². The molecule has 0 fully saturated rings. The van der Waals surface area contributed by atoms with E-state index >= 15 is 0 Å². The van der Waals surface area contributed by atoms with Crippen LogP contribution in [-0.4, -0.2) is 5.97 Å². The maximum Gasteiger partial charge on any atom is 3.00 e. The van der Waals surface area contributed by atoms with Crippen molar-refractivity contribution in [3.05, 3.63) is 0 Å². The molecule has 37 valence electrons. The second-order valence-corrected chi connectivity index (χ2v) is 0.492. The molecule has 0 saturated carbocycles. The van der Waals surface area contributed by atoms with Crippen LogP contribution in [0.1, 0.15) is 6.92 Å². The molecule has 0 unspecified atom stereocenters. The van der Waals surface area contributed by atoms with Crippen molar-refractivity contribution in [3.63, 3.8) is 0 Å². The number of hydrogen-bond donors (Lipinski definition) is 0. The van der Waals surface area contributed by atoms with E-state index in [1.807, 2.05) is 0 Å². The maximum absolute atomic E-state index is 8.89. The van der Waals surface area contributed by atoms with E-state index in [1.54, 1.807) is 0 Å². The second kappa shape index (κ2) is 8.87. The molecule has 0 aliphatic carbocycles. The summed E-state index contributed by atoms with van der Waals surface area (Å²) in [5.74, 6) is -1.08. The number of carbonyl (C=O) groups excluding carboxylic acids is 1. The van der Waals surface area contributed by atoms with E-state index in [0.717, 1.165) is 6.92 Å². The fraction of sp³-hybridized carbons (Fsp3) is 0.500. The van der Waals surface area contributed by atoms with Crippen LogP contribution in [0.4, 0.5) is 0 Å². The van der Waals surface area contributed by atoms with E-state index in [2.05, 4.69) is 0 Å². The predicted molar refractivity (Wildman–Crippen MR) is 11.4 cm³/mol. The molecule has 0 aromatic heterocycles. The summed E-state index contributed by atoms with van der Waals surface area (Å²) >= 11 is 0. The van der Waals surface area contributed by atoms with Gasteiger partial charge in [-0.15, -0.1) is 0 Å². The van der Waals surface area contributed by atoms with Crippen LogP contribution in [0.3, 0.4) is 0 Å². The van der Waals surface area contributed by atoms with Crippen LogP contribution in [0, 0.1) is 0 Å². The number of aliphatic carboxylic acids is 1. The van der Waals surface area contributed by atoms with Crippen LogP contribution in [0.5, 0.6) is 0 Å². The Kier molecular flexibility index (Phi) is 24.8. The smallest absolute Gasteiger partial charge is 2.00 e. The van der Waals surface area contributed by atoms with Crippen LogP contribution in [0.25, 0.3) is 0 Å². The van der Waals surface area contributed by atoms with Gasteiger partial charge in [0.05, 0.1) is 0 Å². The third-order valence-electron chi connectivity index (χ3n) is 0. The molecule has 1 radical (unpaired) electrons. The van der Waals surface area contributed by atoms with E-state index in [4.69, 9.17) is 9.90 Å². The molecule has 3 nitrogen and oxygen atoms in total. The summed E-state index contributed by atoms with van der Waals surface area (Å²) in [4.78, 5) is 8.89. The molecular weight excluding hydrogens is 128 g/mol. The van der Waals surface area contributed by atoms with Gasteiger partial charge in [-0.3, -0.25) is 0 Å². The van der Waals surface area contributed by atoms with E-state index in [-0.39, 0.29) is 22.5 Å². The van der Waals surface area contributed by atoms with E-state index in [0.29, 0.717) is 0 Å². The van der Waals surface area contributed by atoms with Gasteiger partial charge >= 0.3 is 17.1 Å². The standard InChI is InChI=1S/C2H4O2.Fe.O/c1-2(3)4;;/h1H3,(H,3,4);;/q;+3;-2/p-1. The van der Waals surface area contributed by atoms with Gasteiger partial charge in [0.2, 0.25) is 0 Å². The molecule has 0 spiro atoms. The van der Waals surface area contributed by atoms with Crippen LogP contribution in [0.15, 0.2) is 0 Å². The van der Waals surface area contributed by atoms with Crippen LogP contribution < -0.4 is 5.11 Å². The molecule has 0 aromatic carbocycles. The molecule has 6 heavy (non-hydrogen) atoms. The zero-order valence-corrected chi connectivity index (χ0v) is 4.18. The number of carboxylic acids is 1. The van der Waals surface area contributed by atoms with E-state index in [1.165, 1.54) is 0 Å². The Balaban J connectivity index is -0.0000000450. The Bertz CT molecular complexity index is 31.8. The molecule has 0 aliphatic rings. The number of hydrogen-bond acceptors (Lipinski definition) is 2. The fourth-order valence-corrected chi connectivity index (χ4v) is 0. The Morgan fingerprint density at radius 2 is 1.67 bits per heavy atom. The fourth-order valence-electron chi connectivity index (χ4n) is 0. The topological polar surface area (TPSA) is 68.6 Å². The Morgan fingerprint density at radius 1 is 1.67 bits per heavy atom. The Labute approximate surface area is 46.1 Å². The van der Waals surface area contributed by atoms with Crippen molar-refractivity contribution >= 4 is 5.97 Å². The first-order chi connectivity index (χ1) is 1.73. The number of rotatable bonds is 0. The maximum atomic E-state index is 8.89. The monoisotopic (exact) mass is 131 g/mol. The van der Waals surface area contributed by atoms with Crippen LogP contribution in [-0.2, 0) is 27.3 Å². The summed E-state index contributed by atoms with van der Waals surface area (Å²) in [6.45, 7) is 0.972. The summed E-state index contributed by atoms with van der Waals surface area (Å²) in [5, 5.41) is 8.89. The summed E-state index contributed by atoms with van der Waals surface area (Å²) in [6, 6.07) is 0. The summed E-state index contributed by atoms with van der Waals surface area (Å²) in [6.07, 6.45) is 0. The van der Waals surface area contributed by atoms with E-state index < -0.39 is 5.97 Å². The van der Waals surface area contributed by atoms with Gasteiger partial charge in [0, 0.05) is 5.97 Å². The largest absolute Gasteiger partial charge is 3.00 e. The molecule has 0 aromatic rings. The van der Waals surface area contributed by atoms with Crippen molar-refractivity contribution in [3.8, 4) is 0 Å². The Morgan fingerprint density at radius 3 is 1.67 bits per heavy atom. The quantitative estimate of drug-likeness (QED) is 0.380. The number of carbonyl (C=O) groups is 1. The van der Waals surface area contributed by atoms with Crippen molar-refractivity contribution in [1.29, 1.82) is 0 Å². The van der Waals surface area contributed by atoms with Gasteiger partial charge in [-0.2, -0.15) is 0 Å². The summed E-state index contributed by atoms with van der Waals surface area (Å²) in [5.41, 5.74) is 0. The van der Waals surface area contributed by atoms with Crippen LogP contribution >= 0.6 is 0 Å². The molecular formula is C2H3FeO3. The van der Waals surface area contributed by atoms with Gasteiger partial charge in [0.1, 0.15) is 0 Å². The van der Waals surface area contributed by atoms with Gasteiger partial charge in [-0.1, -0.05) is 0 Å². The Hall–Kier alpha value is -0.0505. The first-order valence-electron chi connectivity index (χ1n) is 0.908. The first kappa shape index (κ1) is 16.8. The molecule has 0 heterocycles. The van der Waals surface area contributed by atoms with Gasteiger partial charge in [-0.05, 0) is 6.92 Å². The van der Waals surface area contributed by atoms with Crippen molar-refractivity contribution in [2.45, 2.75) is 6.92 Å². The minimum absolute atomic E-state index is 0. The average Bonchev–Trinajstić information content (AvgIpc) is 0.811. The van der Waals surface area contributed by atoms with Gasteiger partial charge in [0.25, 0.3) is 0 Å². The van der Waals surface area contributed by atoms with Crippen molar-refractivity contribution < 1.29 is 32.4 Å². The molecule has 0 saturated heterocycles. The van der Waals surface area contributed by atoms with Gasteiger partial charge in [0.15, 0.2) is 0 Å². The number of carboxylic acid groups (broad SMARTS) is 1. The average molecular weight is 131 g/mol. The molecule has 0 rings (SSSR count). The molecule has 4 heteroatoms. The van der Waals surface area contributed by atoms with Gasteiger partial charge in [-0.25, -0.2) is 0 Å². The minimum atomic E-state index is -1.08. The van der Waals surface area contributed by atoms with E-state index in [9.17, 15) is 0 Å². The second-order valence-electron chi connectivity index (χ2n) is 0.492. The summed E-state index contributed by atoms with van der Waals surface area (Å²) in [7, 11) is 0. The SMILES string of the molecule is CC(=O)[O-].[Fe+3].[O-2]. The van der Waals surface area contributed by atoms with Crippen molar-refractivity contribution in [2.75, 3.05) is 0 Å². The third kappa shape index (κ3) is 13500. The summed E-state index contributed by atoms with van der Waals surface area (Å²) < 4.78 is 0. The van der Waals surface area contributed by atoms with Crippen molar-refractivity contribution in [1.82, 2.24) is 0 Å². The zero-order chi connectivity index (χ0) is 3.58. The molecule has 0 N–H and O–H groups in total. The zero-order valence-electron chi connectivity index (χ0n) is 3.08. The molecule has 0 atom stereocenters. The third-order valence-corrected chi connectivity index (χ3v) is 0. The first-order valence-corrected chi connectivity index (χ1v) is 0.908. The molecule has 0 aliphatic heterocycles. The normalized spacial score (nSPS) is 4.17. The predicted octanol–water partition coefficient (Wildman–Crippen LogP) is -1.37. The van der Waals surface area contributed by atoms with Crippen molar-refractivity contribution in [2.24, 2.45) is 0 Å².